The van der Waals surface area contributed by atoms with Gasteiger partial charge in [0, 0.05) is 21.8 Å². The smallest absolute Gasteiger partial charge is 0.226 e. The molecule has 1 aliphatic carbocycles. The topological polar surface area (TPSA) is 51.8 Å². The summed E-state index contributed by atoms with van der Waals surface area (Å²) in [6.07, 6.45) is 14.5. The third-order valence-corrected chi connectivity index (χ3v) is 4.62. The van der Waals surface area contributed by atoms with Gasteiger partial charge in [-0.25, -0.2) is 4.98 Å². The highest BCUT2D eigenvalue weighted by Crippen LogP contribution is 2.19. The normalized spacial score (nSPS) is 15.5. The summed E-state index contributed by atoms with van der Waals surface area (Å²) < 4.78 is 5.99. The summed E-state index contributed by atoms with van der Waals surface area (Å²) >= 11 is 6.24. The molecule has 0 bridgehead atoms. The number of hydrogen-bond acceptors (Lipinski definition) is 4. The van der Waals surface area contributed by atoms with E-state index in [9.17, 15) is 0 Å². The van der Waals surface area contributed by atoms with Crippen molar-refractivity contribution in [2.24, 2.45) is 0 Å². The molecule has 0 saturated heterocycles. The molecular formula is C23H18ClN3O. The minimum Gasteiger partial charge on any atom is -0.456 e. The summed E-state index contributed by atoms with van der Waals surface area (Å²) in [5, 5.41) is 2.07. The van der Waals surface area contributed by atoms with Crippen LogP contribution < -0.4 is 10.6 Å². The molecule has 0 unspecified atom stereocenters. The van der Waals surface area contributed by atoms with Crippen LogP contribution in [0.2, 0.25) is 5.28 Å². The van der Waals surface area contributed by atoms with E-state index in [2.05, 4.69) is 33.7 Å². The number of nitrogens with zero attached hydrogens (tertiary/aromatic N) is 3. The average molecular weight is 388 g/mol. The second-order valence-electron chi connectivity index (χ2n) is 6.30. The molecule has 5 heteroatoms. The van der Waals surface area contributed by atoms with E-state index in [4.69, 9.17) is 16.0 Å². The number of halogens is 1. The van der Waals surface area contributed by atoms with E-state index in [1.165, 1.54) is 0 Å². The lowest BCUT2D eigenvalue weighted by molar-refractivity contribution is 0.575. The standard InChI is InChI=1S/C23H18ClN3O/c1-3-10-19-20(17-13-8-9-14-18(17)28-19)15(2)21-25-22(27-23(24)26-21)16-11-6-4-5-7-12-16/h3-4,6-14H,1,5H2,2H3/b19-10+,20-15+. The van der Waals surface area contributed by atoms with E-state index >= 15 is 0 Å². The molecule has 28 heavy (non-hydrogen) atoms. The molecule has 4 nitrogen and oxygen atoms in total. The van der Waals surface area contributed by atoms with Crippen LogP contribution in [0.1, 0.15) is 25.0 Å². The molecule has 2 aromatic heterocycles. The van der Waals surface area contributed by atoms with E-state index in [1.54, 1.807) is 6.08 Å². The zero-order chi connectivity index (χ0) is 19.5. The SMILES string of the molecule is C=C/C=c1/oc2ccccc2/c1=C(/C)c1nc(Cl)nc(C2=CC=CCC=C2)n1. The molecule has 0 N–H and O–H groups in total. The Bertz CT molecular complexity index is 1280. The quantitative estimate of drug-likeness (QED) is 0.670. The third kappa shape index (κ3) is 3.47. The first-order valence-corrected chi connectivity index (χ1v) is 9.32. The number of hydrogen-bond donors (Lipinski definition) is 0. The van der Waals surface area contributed by atoms with Gasteiger partial charge in [-0.05, 0) is 37.1 Å². The van der Waals surface area contributed by atoms with Gasteiger partial charge in [0.15, 0.2) is 11.6 Å². The molecule has 0 amide bonds. The minimum atomic E-state index is 0.156. The Hall–Kier alpha value is -3.24. The highest BCUT2D eigenvalue weighted by Gasteiger charge is 2.13. The van der Waals surface area contributed by atoms with E-state index in [0.717, 1.165) is 33.8 Å². The maximum Gasteiger partial charge on any atom is 0.226 e. The first kappa shape index (κ1) is 18.1. The first-order chi connectivity index (χ1) is 13.7. The molecule has 0 spiro atoms. The number of benzene rings is 1. The fraction of sp³-hybridized carbons (Fsp3) is 0.0870. The van der Waals surface area contributed by atoms with Gasteiger partial charge in [0.1, 0.15) is 11.0 Å². The maximum absolute atomic E-state index is 6.24. The van der Waals surface area contributed by atoms with Crippen LogP contribution in [0.4, 0.5) is 0 Å². The monoisotopic (exact) mass is 387 g/mol. The summed E-state index contributed by atoms with van der Waals surface area (Å²) in [5.74, 6) is 1.06. The van der Waals surface area contributed by atoms with Crippen LogP contribution in [0.3, 0.4) is 0 Å². The van der Waals surface area contributed by atoms with Crippen LogP contribution >= 0.6 is 11.6 Å². The number of furan rings is 1. The lowest BCUT2D eigenvalue weighted by Crippen LogP contribution is -2.23. The molecule has 4 rings (SSSR count). The third-order valence-electron chi connectivity index (χ3n) is 4.45. The van der Waals surface area contributed by atoms with Crippen molar-refractivity contribution < 1.29 is 4.42 Å². The van der Waals surface area contributed by atoms with Crippen LogP contribution in [0.15, 0.2) is 71.7 Å². The molecular weight excluding hydrogens is 370 g/mol. The van der Waals surface area contributed by atoms with Gasteiger partial charge >= 0.3 is 0 Å². The van der Waals surface area contributed by atoms with Gasteiger partial charge in [-0.3, -0.25) is 0 Å². The second-order valence-corrected chi connectivity index (χ2v) is 6.64. The van der Waals surface area contributed by atoms with Crippen molar-refractivity contribution >= 4 is 39.8 Å². The Morgan fingerprint density at radius 1 is 1.18 bits per heavy atom. The van der Waals surface area contributed by atoms with Crippen molar-refractivity contribution in [3.63, 3.8) is 0 Å². The molecule has 1 aliphatic rings. The number of aromatic nitrogens is 3. The van der Waals surface area contributed by atoms with E-state index in [0.29, 0.717) is 17.1 Å². The van der Waals surface area contributed by atoms with Gasteiger partial charge in [0.25, 0.3) is 0 Å². The number of allylic oxidation sites excluding steroid dienone is 7. The van der Waals surface area contributed by atoms with E-state index in [-0.39, 0.29) is 5.28 Å². The van der Waals surface area contributed by atoms with Gasteiger partial charge in [-0.15, -0.1) is 0 Å². The van der Waals surface area contributed by atoms with Gasteiger partial charge in [-0.1, -0.05) is 61.2 Å². The predicted octanol–water partition coefficient (Wildman–Crippen LogP) is 4.36. The van der Waals surface area contributed by atoms with Crippen molar-refractivity contribution in [3.05, 3.63) is 94.9 Å². The average Bonchev–Trinajstić information content (AvgIpc) is 2.86. The Morgan fingerprint density at radius 3 is 2.89 bits per heavy atom. The zero-order valence-electron chi connectivity index (χ0n) is 15.4. The summed E-state index contributed by atoms with van der Waals surface area (Å²) in [7, 11) is 0. The lowest BCUT2D eigenvalue weighted by Gasteiger charge is -2.05. The molecule has 0 aliphatic heterocycles. The van der Waals surface area contributed by atoms with Crippen molar-refractivity contribution in [2.75, 3.05) is 0 Å². The predicted molar refractivity (Wildman–Crippen MR) is 114 cm³/mol. The van der Waals surface area contributed by atoms with Crippen LogP contribution in [-0.2, 0) is 0 Å². The Morgan fingerprint density at radius 2 is 2.04 bits per heavy atom. The molecule has 138 valence electrons. The van der Waals surface area contributed by atoms with Crippen molar-refractivity contribution in [2.45, 2.75) is 13.3 Å². The summed E-state index contributed by atoms with van der Waals surface area (Å²) in [6, 6.07) is 7.87. The molecule has 0 fully saturated rings. The van der Waals surface area contributed by atoms with E-state index in [1.807, 2.05) is 55.5 Å². The Balaban J connectivity index is 2.00. The summed E-state index contributed by atoms with van der Waals surface area (Å²) in [4.78, 5) is 13.4. The van der Waals surface area contributed by atoms with Crippen molar-refractivity contribution in [3.8, 4) is 0 Å². The summed E-state index contributed by atoms with van der Waals surface area (Å²) in [5.41, 5.74) is 3.26. The summed E-state index contributed by atoms with van der Waals surface area (Å²) in [6.45, 7) is 5.75. The van der Waals surface area contributed by atoms with Gasteiger partial charge < -0.3 is 4.42 Å². The Kier molecular flexibility index (Phi) is 5.04. The fourth-order valence-electron chi connectivity index (χ4n) is 3.16. The molecule has 0 saturated carbocycles. The first-order valence-electron chi connectivity index (χ1n) is 8.94. The number of para-hydroxylation sites is 1. The minimum absolute atomic E-state index is 0.156. The highest BCUT2D eigenvalue weighted by molar-refractivity contribution is 6.28. The maximum atomic E-state index is 6.24. The fourth-order valence-corrected chi connectivity index (χ4v) is 3.32. The largest absolute Gasteiger partial charge is 0.456 e. The van der Waals surface area contributed by atoms with Crippen LogP contribution in [0.25, 0.3) is 28.2 Å². The van der Waals surface area contributed by atoms with Gasteiger partial charge in [0.2, 0.25) is 5.28 Å². The second kappa shape index (κ2) is 7.79. The van der Waals surface area contributed by atoms with Gasteiger partial charge in [0.05, 0.1) is 0 Å². The molecule has 0 atom stereocenters. The van der Waals surface area contributed by atoms with Crippen LogP contribution in [-0.4, -0.2) is 15.0 Å². The van der Waals surface area contributed by atoms with E-state index < -0.39 is 0 Å². The number of rotatable bonds is 3. The molecule has 2 heterocycles. The zero-order valence-corrected chi connectivity index (χ0v) is 16.1. The van der Waals surface area contributed by atoms with Crippen LogP contribution in [0, 0.1) is 0 Å². The molecule has 1 aromatic carbocycles. The molecule has 3 aromatic rings. The lowest BCUT2D eigenvalue weighted by atomic mass is 10.1. The molecule has 0 radical (unpaired) electrons. The highest BCUT2D eigenvalue weighted by atomic mass is 35.5. The van der Waals surface area contributed by atoms with Crippen LogP contribution in [0.5, 0.6) is 0 Å². The Labute approximate surface area is 167 Å². The van der Waals surface area contributed by atoms with Crippen molar-refractivity contribution in [1.29, 1.82) is 0 Å². The number of fused-ring (bicyclic) bond motifs is 1. The van der Waals surface area contributed by atoms with Crippen molar-refractivity contribution in [1.82, 2.24) is 15.0 Å². The van der Waals surface area contributed by atoms with Gasteiger partial charge in [-0.2, -0.15) is 9.97 Å².